The molecule has 2 N–H and O–H groups in total. The lowest BCUT2D eigenvalue weighted by molar-refractivity contribution is 0.0650. The molecule has 1 saturated heterocycles. The van der Waals surface area contributed by atoms with E-state index in [0.717, 1.165) is 47.0 Å². The molecule has 1 fully saturated rings. The molecule has 188 valence electrons. The molecule has 2 heterocycles. The Hall–Kier alpha value is -3.25. The number of halogens is 2. The van der Waals surface area contributed by atoms with Gasteiger partial charge < -0.3 is 20.1 Å². The summed E-state index contributed by atoms with van der Waals surface area (Å²) in [5, 5.41) is 6.96. The van der Waals surface area contributed by atoms with Crippen molar-refractivity contribution in [1.82, 2.24) is 14.8 Å². The van der Waals surface area contributed by atoms with Crippen molar-refractivity contribution in [2.24, 2.45) is 0 Å². The van der Waals surface area contributed by atoms with Crippen LogP contribution in [-0.2, 0) is 0 Å². The molecule has 4 aromatic rings. The Morgan fingerprint density at radius 3 is 2.19 bits per heavy atom. The van der Waals surface area contributed by atoms with Crippen LogP contribution in [0.3, 0.4) is 0 Å². The number of nitrogens with one attached hydrogen (secondary N) is 2. The normalized spacial score (nSPS) is 14.9. The molecule has 1 atom stereocenters. The van der Waals surface area contributed by atoms with Crippen LogP contribution in [0.4, 0.5) is 5.69 Å². The molecule has 0 saturated carbocycles. The topological polar surface area (TPSA) is 49.3 Å². The Balaban J connectivity index is 0.00000180. The maximum atomic E-state index is 14.1. The van der Waals surface area contributed by atoms with Crippen molar-refractivity contribution in [2.75, 3.05) is 31.5 Å². The Morgan fingerprint density at radius 2 is 1.53 bits per heavy atom. The van der Waals surface area contributed by atoms with Gasteiger partial charge in [0.25, 0.3) is 5.91 Å². The molecule has 1 aromatic heterocycles. The Labute approximate surface area is 225 Å². The van der Waals surface area contributed by atoms with E-state index >= 15 is 0 Å². The Kier molecular flexibility index (Phi) is 9.59. The molecule has 5 nitrogen and oxygen atoms in total. The third-order valence-electron chi connectivity index (χ3n) is 6.40. The molecular formula is C29H32Cl2N4O. The van der Waals surface area contributed by atoms with Gasteiger partial charge in [0, 0.05) is 43.2 Å². The van der Waals surface area contributed by atoms with Gasteiger partial charge in [0.2, 0.25) is 0 Å². The van der Waals surface area contributed by atoms with Gasteiger partial charge in [-0.25, -0.2) is 0 Å². The number of anilines is 1. The molecule has 0 bridgehead atoms. The number of piperazine rings is 1. The van der Waals surface area contributed by atoms with E-state index in [9.17, 15) is 4.79 Å². The predicted molar refractivity (Wildman–Crippen MR) is 153 cm³/mol. The van der Waals surface area contributed by atoms with Crippen LogP contribution in [0.2, 0.25) is 0 Å². The summed E-state index contributed by atoms with van der Waals surface area (Å²) >= 11 is 0. The first kappa shape index (κ1) is 27.3. The van der Waals surface area contributed by atoms with Crippen molar-refractivity contribution >= 4 is 36.4 Å². The highest BCUT2D eigenvalue weighted by molar-refractivity contribution is 6.01. The summed E-state index contributed by atoms with van der Waals surface area (Å²) in [5.74, 6) is 0.0815. The van der Waals surface area contributed by atoms with Crippen molar-refractivity contribution in [3.05, 3.63) is 108 Å². The average molecular weight is 524 g/mol. The summed E-state index contributed by atoms with van der Waals surface area (Å²) in [4.78, 5) is 16.1. The number of benzene rings is 3. The molecular weight excluding hydrogens is 491 g/mol. The first-order chi connectivity index (χ1) is 16.7. The third-order valence-corrected chi connectivity index (χ3v) is 6.40. The summed E-state index contributed by atoms with van der Waals surface area (Å²) in [6, 6.07) is 32.7. The van der Waals surface area contributed by atoms with Gasteiger partial charge in [0.05, 0.1) is 17.3 Å². The molecule has 7 heteroatoms. The maximum absolute atomic E-state index is 14.1. The summed E-state index contributed by atoms with van der Waals surface area (Å²) < 4.78 is 2.20. The number of amides is 1. The molecule has 1 aliphatic rings. The second-order valence-corrected chi connectivity index (χ2v) is 8.69. The Bertz CT molecular complexity index is 1250. The van der Waals surface area contributed by atoms with E-state index in [4.69, 9.17) is 0 Å². The van der Waals surface area contributed by atoms with Crippen molar-refractivity contribution in [3.8, 4) is 16.9 Å². The van der Waals surface area contributed by atoms with Gasteiger partial charge in [0.15, 0.2) is 0 Å². The molecule has 0 radical (unpaired) electrons. The minimum atomic E-state index is 0. The number of aryl methyl sites for hydroxylation is 1. The van der Waals surface area contributed by atoms with Crippen molar-refractivity contribution in [1.29, 1.82) is 0 Å². The van der Waals surface area contributed by atoms with E-state index in [1.54, 1.807) is 0 Å². The molecule has 1 amide bonds. The van der Waals surface area contributed by atoms with Crippen LogP contribution in [0.25, 0.3) is 16.9 Å². The van der Waals surface area contributed by atoms with Crippen molar-refractivity contribution in [2.45, 2.75) is 13.0 Å². The molecule has 0 aliphatic carbocycles. The highest BCUT2D eigenvalue weighted by Crippen LogP contribution is 2.32. The van der Waals surface area contributed by atoms with E-state index in [1.807, 2.05) is 65.6 Å². The number of nitrogens with zero attached hydrogens (tertiary/aromatic N) is 2. The van der Waals surface area contributed by atoms with Crippen molar-refractivity contribution < 1.29 is 4.79 Å². The number of rotatable bonds is 6. The van der Waals surface area contributed by atoms with Gasteiger partial charge in [-0.05, 0) is 42.8 Å². The zero-order valence-corrected chi connectivity index (χ0v) is 21.9. The quantitative estimate of drug-likeness (QED) is 0.335. The summed E-state index contributed by atoms with van der Waals surface area (Å²) in [6.07, 6.45) is 0. The lowest BCUT2D eigenvalue weighted by Gasteiger charge is -2.36. The van der Waals surface area contributed by atoms with Crippen LogP contribution >= 0.6 is 24.8 Å². The number of hydrogen-bond acceptors (Lipinski definition) is 3. The zero-order chi connectivity index (χ0) is 23.3. The third kappa shape index (κ3) is 5.76. The number of hydrogen-bond donors (Lipinski definition) is 2. The highest BCUT2D eigenvalue weighted by atomic mass is 35.5. The number of aromatic nitrogens is 1. The van der Waals surface area contributed by atoms with Gasteiger partial charge in [0.1, 0.15) is 0 Å². The van der Waals surface area contributed by atoms with E-state index in [2.05, 4.69) is 58.5 Å². The van der Waals surface area contributed by atoms with Crippen LogP contribution in [0.5, 0.6) is 0 Å². The SMILES string of the molecule is Cc1cc(C(=O)N2CCNC[C@H]2CNc2ccccc2)c(-c2ccccc2)n1-c1ccccc1.Cl.Cl. The fraction of sp³-hybridized carbons (Fsp3) is 0.207. The maximum Gasteiger partial charge on any atom is 0.256 e. The molecule has 1 aliphatic heterocycles. The van der Waals surface area contributed by atoms with Gasteiger partial charge in [-0.3, -0.25) is 4.79 Å². The lowest BCUT2D eigenvalue weighted by atomic mass is 10.0. The summed E-state index contributed by atoms with van der Waals surface area (Å²) in [6.45, 7) is 5.02. The van der Waals surface area contributed by atoms with Crippen LogP contribution in [0, 0.1) is 6.92 Å². The second-order valence-electron chi connectivity index (χ2n) is 8.69. The summed E-state index contributed by atoms with van der Waals surface area (Å²) in [5.41, 5.74) is 5.90. The number of carbonyl (C=O) groups excluding carboxylic acids is 1. The minimum absolute atomic E-state index is 0. The van der Waals surface area contributed by atoms with Gasteiger partial charge in [-0.1, -0.05) is 66.7 Å². The summed E-state index contributed by atoms with van der Waals surface area (Å²) in [7, 11) is 0. The molecule has 3 aromatic carbocycles. The lowest BCUT2D eigenvalue weighted by Crippen LogP contribution is -2.56. The van der Waals surface area contributed by atoms with Gasteiger partial charge in [-0.15, -0.1) is 24.8 Å². The molecule has 36 heavy (non-hydrogen) atoms. The second kappa shape index (κ2) is 12.6. The van der Waals surface area contributed by atoms with Gasteiger partial charge >= 0.3 is 0 Å². The van der Waals surface area contributed by atoms with E-state index < -0.39 is 0 Å². The zero-order valence-electron chi connectivity index (χ0n) is 20.3. The monoisotopic (exact) mass is 522 g/mol. The first-order valence-electron chi connectivity index (χ1n) is 11.9. The molecule has 0 spiro atoms. The first-order valence-corrected chi connectivity index (χ1v) is 11.9. The van der Waals surface area contributed by atoms with Crippen molar-refractivity contribution in [3.63, 3.8) is 0 Å². The minimum Gasteiger partial charge on any atom is -0.383 e. The Morgan fingerprint density at radius 1 is 0.917 bits per heavy atom. The number of para-hydroxylation sites is 2. The predicted octanol–water partition coefficient (Wildman–Crippen LogP) is 5.82. The fourth-order valence-corrected chi connectivity index (χ4v) is 4.75. The van der Waals surface area contributed by atoms with Crippen LogP contribution in [0.1, 0.15) is 16.1 Å². The fourth-order valence-electron chi connectivity index (χ4n) is 4.75. The smallest absolute Gasteiger partial charge is 0.256 e. The van der Waals surface area contributed by atoms with Crippen LogP contribution in [0.15, 0.2) is 97.1 Å². The van der Waals surface area contributed by atoms with E-state index in [1.165, 1.54) is 0 Å². The standard InChI is InChI=1S/C29H30N4O.2ClH/c1-22-19-27(28(23-11-5-2-6-12-23)33(22)25-15-9-4-10-16-25)29(34)32-18-17-30-20-26(32)21-31-24-13-7-3-8-14-24;;/h2-16,19,26,30-31H,17-18,20-21H2,1H3;2*1H/t26-;;/m0../s1. The average Bonchev–Trinajstić information content (AvgIpc) is 3.26. The van der Waals surface area contributed by atoms with Crippen LogP contribution < -0.4 is 10.6 Å². The highest BCUT2D eigenvalue weighted by Gasteiger charge is 2.31. The van der Waals surface area contributed by atoms with E-state index in [-0.39, 0.29) is 36.8 Å². The largest absolute Gasteiger partial charge is 0.383 e. The van der Waals surface area contributed by atoms with Gasteiger partial charge in [-0.2, -0.15) is 0 Å². The van der Waals surface area contributed by atoms with E-state index in [0.29, 0.717) is 13.1 Å². The van der Waals surface area contributed by atoms with Crippen LogP contribution in [-0.4, -0.2) is 47.6 Å². The number of carbonyl (C=O) groups is 1. The molecule has 5 rings (SSSR count). The molecule has 0 unspecified atom stereocenters.